The van der Waals surface area contributed by atoms with Crippen LogP contribution in [-0.4, -0.2) is 12.3 Å². The van der Waals surface area contributed by atoms with Gasteiger partial charge in [-0.15, -0.1) is 0 Å². The third-order valence-electron chi connectivity index (χ3n) is 2.05. The molecule has 7 heteroatoms. The van der Waals surface area contributed by atoms with Gasteiger partial charge in [-0.3, -0.25) is 0 Å². The van der Waals surface area contributed by atoms with Crippen LogP contribution in [0, 0.1) is 5.92 Å². The first-order valence-electron chi connectivity index (χ1n) is 4.52. The quantitative estimate of drug-likeness (QED) is 0.739. The molecule has 1 nitrogen and oxygen atoms in total. The Hall–Kier alpha value is -0.850. The van der Waals surface area contributed by atoms with Crippen LogP contribution >= 0.6 is 15.9 Å². The zero-order chi connectivity index (χ0) is 13.3. The van der Waals surface area contributed by atoms with Gasteiger partial charge >= 0.3 is 12.3 Å². The molecular weight excluding hydrogens is 311 g/mol. The van der Waals surface area contributed by atoms with Gasteiger partial charge < -0.3 is 4.74 Å². The molecule has 1 rings (SSSR count). The SMILES string of the molecule is CC(C(F)(F)F)C(F)(F)Oc1cccc(Br)c1. The Morgan fingerprint density at radius 1 is 1.18 bits per heavy atom. The highest BCUT2D eigenvalue weighted by Crippen LogP contribution is 2.39. The Kier molecular flexibility index (Phi) is 4.01. The van der Waals surface area contributed by atoms with Crippen LogP contribution in [0.3, 0.4) is 0 Å². The number of halogens is 6. The highest BCUT2D eigenvalue weighted by molar-refractivity contribution is 9.10. The molecule has 1 aromatic rings. The number of alkyl halides is 5. The number of hydrogen-bond acceptors (Lipinski definition) is 1. The van der Waals surface area contributed by atoms with Crippen LogP contribution in [0.5, 0.6) is 5.75 Å². The average Bonchev–Trinajstić information content (AvgIpc) is 2.14. The standard InChI is InChI=1S/C10H8BrF5O/c1-6(9(12,13)14)10(15,16)17-8-4-2-3-7(11)5-8/h2-6H,1H3. The topological polar surface area (TPSA) is 9.23 Å². The number of rotatable bonds is 3. The fourth-order valence-corrected chi connectivity index (χ4v) is 1.34. The van der Waals surface area contributed by atoms with Crippen molar-refractivity contribution >= 4 is 15.9 Å². The normalized spacial score (nSPS) is 14.5. The third-order valence-corrected chi connectivity index (χ3v) is 2.54. The van der Waals surface area contributed by atoms with Gasteiger partial charge in [0.05, 0.1) is 0 Å². The van der Waals surface area contributed by atoms with E-state index in [9.17, 15) is 22.0 Å². The fourth-order valence-electron chi connectivity index (χ4n) is 0.967. The molecular formula is C10H8BrF5O. The lowest BCUT2D eigenvalue weighted by Crippen LogP contribution is -2.41. The summed E-state index contributed by atoms with van der Waals surface area (Å²) in [5.74, 6) is -3.21. The van der Waals surface area contributed by atoms with Crippen molar-refractivity contribution in [1.82, 2.24) is 0 Å². The van der Waals surface area contributed by atoms with Crippen molar-refractivity contribution in [3.8, 4) is 5.75 Å². The van der Waals surface area contributed by atoms with E-state index in [2.05, 4.69) is 20.7 Å². The number of hydrogen-bond donors (Lipinski definition) is 0. The maximum atomic E-state index is 13.2. The first-order valence-corrected chi connectivity index (χ1v) is 5.31. The van der Waals surface area contributed by atoms with E-state index in [1.165, 1.54) is 12.1 Å². The van der Waals surface area contributed by atoms with Gasteiger partial charge in [0.1, 0.15) is 5.75 Å². The van der Waals surface area contributed by atoms with Crippen molar-refractivity contribution < 1.29 is 26.7 Å². The highest BCUT2D eigenvalue weighted by Gasteiger charge is 2.54. The highest BCUT2D eigenvalue weighted by atomic mass is 79.9. The Balaban J connectivity index is 2.86. The lowest BCUT2D eigenvalue weighted by Gasteiger charge is -2.25. The van der Waals surface area contributed by atoms with Crippen LogP contribution in [0.15, 0.2) is 28.7 Å². The molecule has 0 aliphatic heterocycles. The fraction of sp³-hybridized carbons (Fsp3) is 0.400. The molecule has 0 spiro atoms. The Morgan fingerprint density at radius 3 is 2.24 bits per heavy atom. The Bertz CT molecular complexity index is 391. The summed E-state index contributed by atoms with van der Waals surface area (Å²) in [6.07, 6.45) is -9.32. The molecule has 17 heavy (non-hydrogen) atoms. The summed E-state index contributed by atoms with van der Waals surface area (Å²) < 4.78 is 67.3. The summed E-state index contributed by atoms with van der Waals surface area (Å²) in [4.78, 5) is 0. The lowest BCUT2D eigenvalue weighted by molar-refractivity contribution is -0.298. The van der Waals surface area contributed by atoms with Gasteiger partial charge in [0.25, 0.3) is 0 Å². The number of ether oxygens (including phenoxy) is 1. The summed E-state index contributed by atoms with van der Waals surface area (Å²) >= 11 is 3.00. The largest absolute Gasteiger partial charge is 0.432 e. The molecule has 0 amide bonds. The van der Waals surface area contributed by atoms with E-state index in [0.717, 1.165) is 12.1 Å². The summed E-state index contributed by atoms with van der Waals surface area (Å²) in [7, 11) is 0. The maximum absolute atomic E-state index is 13.2. The second kappa shape index (κ2) is 4.80. The summed E-state index contributed by atoms with van der Waals surface area (Å²) in [6, 6.07) is 5.24. The molecule has 0 N–H and O–H groups in total. The first-order chi connectivity index (χ1) is 7.63. The number of benzene rings is 1. The molecule has 0 saturated carbocycles. The van der Waals surface area contributed by atoms with E-state index < -0.39 is 18.2 Å². The average molecular weight is 319 g/mol. The Morgan fingerprint density at radius 2 is 1.76 bits per heavy atom. The second-order valence-electron chi connectivity index (χ2n) is 3.38. The van der Waals surface area contributed by atoms with E-state index in [4.69, 9.17) is 0 Å². The van der Waals surface area contributed by atoms with Gasteiger partial charge in [-0.1, -0.05) is 22.0 Å². The Labute approximate surface area is 103 Å². The van der Waals surface area contributed by atoms with Crippen molar-refractivity contribution in [3.63, 3.8) is 0 Å². The van der Waals surface area contributed by atoms with E-state index in [1.807, 2.05) is 0 Å². The van der Waals surface area contributed by atoms with Gasteiger partial charge in [0.15, 0.2) is 5.92 Å². The van der Waals surface area contributed by atoms with Gasteiger partial charge in [0.2, 0.25) is 0 Å². The molecule has 0 bridgehead atoms. The maximum Gasteiger partial charge on any atom is 0.409 e. The molecule has 0 aromatic heterocycles. The van der Waals surface area contributed by atoms with Gasteiger partial charge in [-0.05, 0) is 25.1 Å². The molecule has 0 radical (unpaired) electrons. The van der Waals surface area contributed by atoms with E-state index >= 15 is 0 Å². The van der Waals surface area contributed by atoms with Gasteiger partial charge in [-0.25, -0.2) is 0 Å². The zero-order valence-electron chi connectivity index (χ0n) is 8.56. The van der Waals surface area contributed by atoms with Crippen LogP contribution in [0.4, 0.5) is 22.0 Å². The van der Waals surface area contributed by atoms with Crippen LogP contribution < -0.4 is 4.74 Å². The van der Waals surface area contributed by atoms with Crippen molar-refractivity contribution in [2.75, 3.05) is 0 Å². The molecule has 1 unspecified atom stereocenters. The van der Waals surface area contributed by atoms with E-state index in [1.54, 1.807) is 0 Å². The van der Waals surface area contributed by atoms with Crippen molar-refractivity contribution in [2.45, 2.75) is 19.2 Å². The second-order valence-corrected chi connectivity index (χ2v) is 4.30. The van der Waals surface area contributed by atoms with E-state index in [0.29, 0.717) is 11.4 Å². The van der Waals surface area contributed by atoms with Crippen LogP contribution in [0.2, 0.25) is 0 Å². The zero-order valence-corrected chi connectivity index (χ0v) is 10.1. The lowest BCUT2D eigenvalue weighted by atomic mass is 10.1. The molecule has 1 atom stereocenters. The molecule has 1 aromatic carbocycles. The van der Waals surface area contributed by atoms with Crippen molar-refractivity contribution in [2.24, 2.45) is 5.92 Å². The van der Waals surface area contributed by atoms with E-state index in [-0.39, 0.29) is 5.75 Å². The van der Waals surface area contributed by atoms with Crippen LogP contribution in [0.1, 0.15) is 6.92 Å². The monoisotopic (exact) mass is 318 g/mol. The van der Waals surface area contributed by atoms with Crippen LogP contribution in [0.25, 0.3) is 0 Å². The van der Waals surface area contributed by atoms with Crippen LogP contribution in [-0.2, 0) is 0 Å². The minimum absolute atomic E-state index is 0.333. The first kappa shape index (κ1) is 14.2. The van der Waals surface area contributed by atoms with Gasteiger partial charge in [0, 0.05) is 4.47 Å². The van der Waals surface area contributed by atoms with Crippen molar-refractivity contribution in [3.05, 3.63) is 28.7 Å². The van der Waals surface area contributed by atoms with Gasteiger partial charge in [-0.2, -0.15) is 22.0 Å². The molecule has 0 saturated heterocycles. The minimum atomic E-state index is -5.02. The molecule has 96 valence electrons. The summed E-state index contributed by atoms with van der Waals surface area (Å²) in [6.45, 7) is 0.373. The molecule has 0 aliphatic carbocycles. The minimum Gasteiger partial charge on any atom is -0.432 e. The smallest absolute Gasteiger partial charge is 0.409 e. The third kappa shape index (κ3) is 3.83. The predicted molar refractivity (Wildman–Crippen MR) is 54.9 cm³/mol. The molecule has 0 fully saturated rings. The summed E-state index contributed by atoms with van der Waals surface area (Å²) in [5.41, 5.74) is 0. The molecule has 0 aliphatic rings. The predicted octanol–water partition coefficient (Wildman–Crippen LogP) is 4.62. The van der Waals surface area contributed by atoms with Crippen molar-refractivity contribution in [1.29, 1.82) is 0 Å². The molecule has 0 heterocycles. The summed E-state index contributed by atoms with van der Waals surface area (Å²) in [5, 5.41) is 0.